The summed E-state index contributed by atoms with van der Waals surface area (Å²) in [4.78, 5) is 11.9. The van der Waals surface area contributed by atoms with Crippen molar-refractivity contribution in [2.45, 2.75) is 31.4 Å². The van der Waals surface area contributed by atoms with Crippen LogP contribution in [0.1, 0.15) is 30.9 Å². The molecule has 2 rings (SSSR count). The molecule has 1 aromatic carbocycles. The highest BCUT2D eigenvalue weighted by Crippen LogP contribution is 2.16. The van der Waals surface area contributed by atoms with Crippen molar-refractivity contribution in [2.24, 2.45) is 0 Å². The molecule has 2 atom stereocenters. The number of benzene rings is 1. The number of nitrogens with one attached hydrogen (secondary N) is 2. The van der Waals surface area contributed by atoms with Gasteiger partial charge in [-0.2, -0.15) is 0 Å². The molecule has 1 unspecified atom stereocenters. The molecule has 4 nitrogen and oxygen atoms in total. The molecular formula is C14H20Cl2N2O2. The molecule has 0 radical (unpaired) electrons. The molecule has 112 valence electrons. The van der Waals surface area contributed by atoms with Crippen LogP contribution in [-0.2, 0) is 4.79 Å². The minimum absolute atomic E-state index is 0. The summed E-state index contributed by atoms with van der Waals surface area (Å²) in [5, 5.41) is 16.6. The van der Waals surface area contributed by atoms with Crippen molar-refractivity contribution in [3.8, 4) is 0 Å². The van der Waals surface area contributed by atoms with Crippen LogP contribution in [0.15, 0.2) is 24.3 Å². The van der Waals surface area contributed by atoms with E-state index in [0.29, 0.717) is 5.02 Å². The number of aliphatic hydroxyl groups excluding tert-OH is 1. The molecule has 0 bridgehead atoms. The molecule has 0 aliphatic carbocycles. The Hall–Kier alpha value is -0.810. The van der Waals surface area contributed by atoms with Gasteiger partial charge in [0.05, 0.1) is 12.1 Å². The standard InChI is InChI=1S/C14H19ClN2O2.ClH/c15-11-6-4-10(5-7-11)13(18)9-17-14(19)12-3-1-2-8-16-12;/h4-7,12-13,16,18H,1-3,8-9H2,(H,17,19);1H/t12-,13?;/m1./s1. The van der Waals surface area contributed by atoms with E-state index in [4.69, 9.17) is 11.6 Å². The molecule has 0 aromatic heterocycles. The summed E-state index contributed by atoms with van der Waals surface area (Å²) < 4.78 is 0. The highest BCUT2D eigenvalue weighted by Gasteiger charge is 2.20. The predicted octanol–water partition coefficient (Wildman–Crippen LogP) is 2.05. The van der Waals surface area contributed by atoms with Crippen molar-refractivity contribution in [3.63, 3.8) is 0 Å². The van der Waals surface area contributed by atoms with Crippen molar-refractivity contribution in [3.05, 3.63) is 34.9 Å². The van der Waals surface area contributed by atoms with E-state index in [-0.39, 0.29) is 30.9 Å². The summed E-state index contributed by atoms with van der Waals surface area (Å²) in [6, 6.07) is 6.86. The molecule has 0 spiro atoms. The third kappa shape index (κ3) is 4.94. The Morgan fingerprint density at radius 1 is 1.40 bits per heavy atom. The number of piperidine rings is 1. The molecule has 0 saturated carbocycles. The monoisotopic (exact) mass is 318 g/mol. The van der Waals surface area contributed by atoms with Crippen LogP contribution in [-0.4, -0.2) is 30.1 Å². The molecule has 1 aliphatic heterocycles. The number of amides is 1. The van der Waals surface area contributed by atoms with Gasteiger partial charge in [0.25, 0.3) is 0 Å². The second-order valence-electron chi connectivity index (χ2n) is 4.81. The Morgan fingerprint density at radius 3 is 2.70 bits per heavy atom. The third-order valence-corrected chi connectivity index (χ3v) is 3.60. The number of carbonyl (C=O) groups is 1. The zero-order valence-electron chi connectivity index (χ0n) is 11.1. The molecule has 1 fully saturated rings. The number of hydrogen-bond acceptors (Lipinski definition) is 3. The smallest absolute Gasteiger partial charge is 0.237 e. The Bertz CT molecular complexity index is 420. The van der Waals surface area contributed by atoms with Gasteiger partial charge >= 0.3 is 0 Å². The lowest BCUT2D eigenvalue weighted by Crippen LogP contribution is -2.47. The van der Waals surface area contributed by atoms with Crippen molar-refractivity contribution >= 4 is 29.9 Å². The zero-order chi connectivity index (χ0) is 13.7. The topological polar surface area (TPSA) is 61.4 Å². The minimum Gasteiger partial charge on any atom is -0.387 e. The van der Waals surface area contributed by atoms with E-state index in [2.05, 4.69) is 10.6 Å². The fourth-order valence-corrected chi connectivity index (χ4v) is 2.32. The van der Waals surface area contributed by atoms with Gasteiger partial charge in [-0.1, -0.05) is 30.2 Å². The fraction of sp³-hybridized carbons (Fsp3) is 0.500. The maximum Gasteiger partial charge on any atom is 0.237 e. The Balaban J connectivity index is 0.00000200. The average molecular weight is 319 g/mol. The van der Waals surface area contributed by atoms with Gasteiger partial charge in [-0.15, -0.1) is 12.4 Å². The highest BCUT2D eigenvalue weighted by molar-refractivity contribution is 6.30. The molecule has 1 saturated heterocycles. The highest BCUT2D eigenvalue weighted by atomic mass is 35.5. The lowest BCUT2D eigenvalue weighted by atomic mass is 10.0. The average Bonchev–Trinajstić information content (AvgIpc) is 2.46. The summed E-state index contributed by atoms with van der Waals surface area (Å²) in [6.45, 7) is 1.11. The quantitative estimate of drug-likeness (QED) is 0.796. The van der Waals surface area contributed by atoms with Gasteiger partial charge < -0.3 is 15.7 Å². The molecule has 1 amide bonds. The summed E-state index contributed by atoms with van der Waals surface area (Å²) in [5.41, 5.74) is 0.751. The van der Waals surface area contributed by atoms with Crippen molar-refractivity contribution < 1.29 is 9.90 Å². The number of hydrogen-bond donors (Lipinski definition) is 3. The first-order valence-electron chi connectivity index (χ1n) is 6.61. The molecule has 1 aromatic rings. The molecule has 20 heavy (non-hydrogen) atoms. The van der Waals surface area contributed by atoms with E-state index < -0.39 is 6.10 Å². The van der Waals surface area contributed by atoms with E-state index in [0.717, 1.165) is 31.4 Å². The second-order valence-corrected chi connectivity index (χ2v) is 5.25. The Kier molecular flexibility index (Phi) is 7.30. The van der Waals surface area contributed by atoms with E-state index in [1.54, 1.807) is 24.3 Å². The van der Waals surface area contributed by atoms with Gasteiger partial charge in [0.1, 0.15) is 0 Å². The van der Waals surface area contributed by atoms with Gasteiger partial charge in [-0.25, -0.2) is 0 Å². The van der Waals surface area contributed by atoms with Crippen LogP contribution >= 0.6 is 24.0 Å². The molecule has 1 heterocycles. The lowest BCUT2D eigenvalue weighted by molar-refractivity contribution is -0.124. The fourth-order valence-electron chi connectivity index (χ4n) is 2.20. The first-order chi connectivity index (χ1) is 9.16. The first kappa shape index (κ1) is 17.2. The van der Waals surface area contributed by atoms with E-state index >= 15 is 0 Å². The van der Waals surface area contributed by atoms with Gasteiger partial charge in [-0.05, 0) is 37.1 Å². The van der Waals surface area contributed by atoms with E-state index in [1.807, 2.05) is 0 Å². The molecule has 1 aliphatic rings. The zero-order valence-corrected chi connectivity index (χ0v) is 12.7. The van der Waals surface area contributed by atoms with Crippen LogP contribution in [0.4, 0.5) is 0 Å². The van der Waals surface area contributed by atoms with E-state index in [1.165, 1.54) is 0 Å². The number of halogens is 2. The van der Waals surface area contributed by atoms with Crippen LogP contribution in [0.2, 0.25) is 5.02 Å². The maximum atomic E-state index is 11.9. The van der Waals surface area contributed by atoms with Crippen LogP contribution in [0, 0.1) is 0 Å². The summed E-state index contributed by atoms with van der Waals surface area (Å²) in [7, 11) is 0. The lowest BCUT2D eigenvalue weighted by Gasteiger charge is -2.23. The number of carbonyl (C=O) groups excluding carboxylic acids is 1. The summed E-state index contributed by atoms with van der Waals surface area (Å²) >= 11 is 5.79. The number of rotatable bonds is 4. The molecule has 3 N–H and O–H groups in total. The van der Waals surface area contributed by atoms with Crippen molar-refractivity contribution in [1.29, 1.82) is 0 Å². The SMILES string of the molecule is Cl.O=C(NCC(O)c1ccc(Cl)cc1)[C@H]1CCCCN1. The molecule has 6 heteroatoms. The predicted molar refractivity (Wildman–Crippen MR) is 82.3 cm³/mol. The Morgan fingerprint density at radius 2 is 2.10 bits per heavy atom. The van der Waals surface area contributed by atoms with Crippen LogP contribution < -0.4 is 10.6 Å². The first-order valence-corrected chi connectivity index (χ1v) is 6.99. The Labute approximate surface area is 130 Å². The third-order valence-electron chi connectivity index (χ3n) is 3.35. The van der Waals surface area contributed by atoms with Gasteiger partial charge in [-0.3, -0.25) is 4.79 Å². The van der Waals surface area contributed by atoms with Gasteiger partial charge in [0.2, 0.25) is 5.91 Å². The normalized spacial score (nSPS) is 19.8. The van der Waals surface area contributed by atoms with E-state index in [9.17, 15) is 9.90 Å². The van der Waals surface area contributed by atoms with Crippen molar-refractivity contribution in [2.75, 3.05) is 13.1 Å². The van der Waals surface area contributed by atoms with Crippen LogP contribution in [0.5, 0.6) is 0 Å². The second kappa shape index (κ2) is 8.47. The minimum atomic E-state index is -0.704. The summed E-state index contributed by atoms with van der Waals surface area (Å²) in [5.74, 6) is -0.0345. The summed E-state index contributed by atoms with van der Waals surface area (Å²) in [6.07, 6.45) is 2.36. The van der Waals surface area contributed by atoms with Crippen molar-refractivity contribution in [1.82, 2.24) is 10.6 Å². The largest absolute Gasteiger partial charge is 0.387 e. The molecular weight excluding hydrogens is 299 g/mol. The van der Waals surface area contributed by atoms with Crippen LogP contribution in [0.25, 0.3) is 0 Å². The van der Waals surface area contributed by atoms with Gasteiger partial charge in [0.15, 0.2) is 0 Å². The van der Waals surface area contributed by atoms with Crippen LogP contribution in [0.3, 0.4) is 0 Å². The van der Waals surface area contributed by atoms with Gasteiger partial charge in [0, 0.05) is 11.6 Å². The maximum absolute atomic E-state index is 11.9. The number of aliphatic hydroxyl groups is 1.